The van der Waals surface area contributed by atoms with Crippen LogP contribution in [-0.2, 0) is 28.7 Å². The van der Waals surface area contributed by atoms with Gasteiger partial charge in [0, 0.05) is 13.1 Å². The molecule has 106 valence electrons. The van der Waals surface area contributed by atoms with Gasteiger partial charge in [0.15, 0.2) is 0 Å². The molecule has 0 N–H and O–H groups in total. The van der Waals surface area contributed by atoms with Crippen LogP contribution in [0.2, 0.25) is 0 Å². The SMILES string of the molecule is [Pd+][I].[c-]1c(Cn2cncn2)cccc1Cn1cncn1. The van der Waals surface area contributed by atoms with Crippen molar-refractivity contribution in [1.29, 1.82) is 0 Å². The van der Waals surface area contributed by atoms with Gasteiger partial charge in [-0.1, -0.05) is 0 Å². The Hall–Kier alpha value is -1.11. The Morgan fingerprint density at radius 3 is 1.85 bits per heavy atom. The third-order valence-corrected chi connectivity index (χ3v) is 2.51. The third kappa shape index (κ3) is 4.47. The summed E-state index contributed by atoms with van der Waals surface area (Å²) in [5.74, 6) is 0. The van der Waals surface area contributed by atoms with Crippen molar-refractivity contribution in [2.75, 3.05) is 0 Å². The first kappa shape index (κ1) is 15.3. The molecule has 8 heteroatoms. The van der Waals surface area contributed by atoms with Gasteiger partial charge in [-0.25, -0.2) is 9.97 Å². The molecule has 0 atom stereocenters. The fourth-order valence-corrected chi connectivity index (χ4v) is 1.73. The van der Waals surface area contributed by atoms with E-state index in [2.05, 4.69) is 41.8 Å². The van der Waals surface area contributed by atoms with E-state index in [9.17, 15) is 0 Å². The number of benzene rings is 1. The van der Waals surface area contributed by atoms with Crippen LogP contribution in [0, 0.1) is 6.07 Å². The van der Waals surface area contributed by atoms with Crippen molar-refractivity contribution in [1.82, 2.24) is 29.5 Å². The average Bonchev–Trinajstić information content (AvgIpc) is 3.15. The zero-order valence-corrected chi connectivity index (χ0v) is 14.0. The molecule has 0 aliphatic heterocycles. The second-order valence-corrected chi connectivity index (χ2v) is 3.89. The molecular formula is C12H11IN6Pd. The van der Waals surface area contributed by atoms with Crippen LogP contribution < -0.4 is 0 Å². The van der Waals surface area contributed by atoms with Crippen molar-refractivity contribution in [3.05, 3.63) is 60.7 Å². The predicted octanol–water partition coefficient (Wildman–Crippen LogP) is 1.65. The van der Waals surface area contributed by atoms with Gasteiger partial charge in [-0.2, -0.15) is 34.5 Å². The maximum absolute atomic E-state index is 4.07. The minimum atomic E-state index is 0.672. The molecule has 2 heterocycles. The summed E-state index contributed by atoms with van der Waals surface area (Å²) in [5.41, 5.74) is 2.14. The molecule has 0 bridgehead atoms. The van der Waals surface area contributed by atoms with Gasteiger partial charge in [-0.15, -0.1) is 11.1 Å². The largest absolute Gasteiger partial charge is 0.251 e. The minimum absolute atomic E-state index is 0.672. The van der Waals surface area contributed by atoms with E-state index in [-0.39, 0.29) is 0 Å². The first-order valence-corrected chi connectivity index (χ1v) is 10.3. The molecule has 0 spiro atoms. The van der Waals surface area contributed by atoms with E-state index < -0.39 is 0 Å². The van der Waals surface area contributed by atoms with E-state index in [1.165, 1.54) is 12.7 Å². The van der Waals surface area contributed by atoms with Crippen molar-refractivity contribution in [3.63, 3.8) is 0 Å². The number of nitrogens with zero attached hydrogens (tertiary/aromatic N) is 6. The Balaban J connectivity index is 0.000000704. The van der Waals surface area contributed by atoms with E-state index in [1.54, 1.807) is 22.0 Å². The first-order chi connectivity index (χ1) is 9.90. The van der Waals surface area contributed by atoms with Crippen LogP contribution in [0.4, 0.5) is 0 Å². The first-order valence-electron chi connectivity index (χ1n) is 5.67. The summed E-state index contributed by atoms with van der Waals surface area (Å²) in [6.07, 6.45) is 6.44. The van der Waals surface area contributed by atoms with Crippen molar-refractivity contribution in [2.45, 2.75) is 13.1 Å². The second-order valence-electron chi connectivity index (χ2n) is 3.89. The fraction of sp³-hybridized carbons (Fsp3) is 0.167. The van der Waals surface area contributed by atoms with Gasteiger partial charge in [0.2, 0.25) is 0 Å². The van der Waals surface area contributed by atoms with E-state index in [4.69, 9.17) is 0 Å². The molecule has 0 amide bonds. The third-order valence-electron chi connectivity index (χ3n) is 2.51. The predicted molar refractivity (Wildman–Crippen MR) is 77.5 cm³/mol. The maximum Gasteiger partial charge on any atom is 0.137 e. The van der Waals surface area contributed by atoms with Gasteiger partial charge in [-0.3, -0.25) is 9.36 Å². The summed E-state index contributed by atoms with van der Waals surface area (Å²) in [4.78, 5) is 7.83. The van der Waals surface area contributed by atoms with Crippen LogP contribution in [0.5, 0.6) is 0 Å². The summed E-state index contributed by atoms with van der Waals surface area (Å²) in [6.45, 7) is 1.34. The number of rotatable bonds is 4. The molecule has 3 aromatic rings. The van der Waals surface area contributed by atoms with E-state index in [0.717, 1.165) is 11.1 Å². The molecule has 2 aromatic heterocycles. The van der Waals surface area contributed by atoms with Crippen LogP contribution in [0.3, 0.4) is 0 Å². The molecule has 3 rings (SSSR count). The zero-order valence-electron chi connectivity index (χ0n) is 10.3. The number of halogens is 1. The van der Waals surface area contributed by atoms with Crippen LogP contribution >= 0.6 is 19.5 Å². The van der Waals surface area contributed by atoms with Crippen LogP contribution in [0.15, 0.2) is 43.5 Å². The summed E-state index contributed by atoms with van der Waals surface area (Å²) >= 11 is 4.72. The molecule has 1 aromatic carbocycles. The molecule has 6 nitrogen and oxygen atoms in total. The molecule has 0 saturated carbocycles. The van der Waals surface area contributed by atoms with Crippen LogP contribution in [0.25, 0.3) is 0 Å². The number of hydrogen-bond donors (Lipinski definition) is 0. The average molecular weight is 473 g/mol. The van der Waals surface area contributed by atoms with Gasteiger partial charge in [0.1, 0.15) is 25.3 Å². The Morgan fingerprint density at radius 1 is 0.950 bits per heavy atom. The Morgan fingerprint density at radius 2 is 1.45 bits per heavy atom. The van der Waals surface area contributed by atoms with Gasteiger partial charge in [0.05, 0.1) is 0 Å². The van der Waals surface area contributed by atoms with Crippen LogP contribution in [-0.4, -0.2) is 29.5 Å². The van der Waals surface area contributed by atoms with E-state index in [1.807, 2.05) is 37.7 Å². The summed E-state index contributed by atoms with van der Waals surface area (Å²) in [6, 6.07) is 9.39. The minimum Gasteiger partial charge on any atom is -0.251 e. The smallest absolute Gasteiger partial charge is 0.137 e. The molecule has 20 heavy (non-hydrogen) atoms. The molecule has 0 aliphatic carbocycles. The van der Waals surface area contributed by atoms with Gasteiger partial charge >= 0.3 is 35.1 Å². The Kier molecular flexibility index (Phi) is 6.30. The molecule has 0 aliphatic rings. The van der Waals surface area contributed by atoms with Crippen LogP contribution in [0.1, 0.15) is 11.1 Å². The topological polar surface area (TPSA) is 61.4 Å². The summed E-state index contributed by atoms with van der Waals surface area (Å²) < 4.78 is 3.54. The number of hydrogen-bond acceptors (Lipinski definition) is 4. The van der Waals surface area contributed by atoms with Crippen molar-refractivity contribution < 1.29 is 15.6 Å². The zero-order chi connectivity index (χ0) is 14.2. The van der Waals surface area contributed by atoms with Crippen molar-refractivity contribution >= 4 is 19.5 Å². The molecule has 0 radical (unpaired) electrons. The monoisotopic (exact) mass is 472 g/mol. The molecular weight excluding hydrogens is 461 g/mol. The van der Waals surface area contributed by atoms with Crippen molar-refractivity contribution in [3.8, 4) is 0 Å². The fourth-order valence-electron chi connectivity index (χ4n) is 1.73. The number of aromatic nitrogens is 6. The summed E-state index contributed by atoms with van der Waals surface area (Å²) in [5, 5.41) is 8.15. The van der Waals surface area contributed by atoms with Crippen molar-refractivity contribution in [2.24, 2.45) is 0 Å². The van der Waals surface area contributed by atoms with Gasteiger partial charge < -0.3 is 0 Å². The Bertz CT molecular complexity index is 559. The molecule has 0 unspecified atom stereocenters. The van der Waals surface area contributed by atoms with E-state index in [0.29, 0.717) is 13.1 Å². The standard InChI is InChI=1S/C12H11N6.HI.Pd/c1-2-11(5-17-9-13-7-15-17)4-12(3-1)6-18-10-14-8-16-18;;/h1-3,7-10H,5-6H2;1H;/q-1;;+2/p-1. The summed E-state index contributed by atoms with van der Waals surface area (Å²) in [7, 11) is 0. The molecule has 0 fully saturated rings. The van der Waals surface area contributed by atoms with E-state index >= 15 is 0 Å². The Labute approximate surface area is 138 Å². The second kappa shape index (κ2) is 8.24. The molecule has 0 saturated heterocycles. The quantitative estimate of drug-likeness (QED) is 0.329. The van der Waals surface area contributed by atoms with Gasteiger partial charge in [-0.05, 0) is 0 Å². The van der Waals surface area contributed by atoms with Gasteiger partial charge in [0.25, 0.3) is 0 Å². The normalized spacial score (nSPS) is 9.95. The maximum atomic E-state index is 4.07.